The molecule has 3 rings (SSSR count). The van der Waals surface area contributed by atoms with E-state index in [9.17, 15) is 28.7 Å². The SMILES string of the molecule is CCCCOC(=O)N1CCN(C(=O)C(CP(=O)(O)O)NC(=O)c2cc(NCCO)nc(-c3ccccc3)n2)CC1. The number of hydrogen-bond donors (Lipinski definition) is 5. The number of piperazine rings is 1. The predicted octanol–water partition coefficient (Wildman–Crippen LogP) is 0.905. The number of carbonyl (C=O) groups excluding carboxylic acids is 3. The fourth-order valence-corrected chi connectivity index (χ4v) is 4.66. The topological polar surface area (TPSA) is 195 Å². The van der Waals surface area contributed by atoms with E-state index in [-0.39, 0.29) is 56.7 Å². The summed E-state index contributed by atoms with van der Waals surface area (Å²) in [7, 11) is -4.72. The summed E-state index contributed by atoms with van der Waals surface area (Å²) in [6.45, 7) is 2.83. The van der Waals surface area contributed by atoms with Crippen LogP contribution in [0, 0.1) is 0 Å². The first-order chi connectivity index (χ1) is 19.1. The van der Waals surface area contributed by atoms with Crippen molar-refractivity contribution in [3.63, 3.8) is 0 Å². The molecule has 1 aromatic carbocycles. The Balaban J connectivity index is 1.76. The van der Waals surface area contributed by atoms with Crippen LogP contribution in [0.25, 0.3) is 11.4 Å². The van der Waals surface area contributed by atoms with Gasteiger partial charge in [-0.05, 0) is 6.42 Å². The quantitative estimate of drug-likeness (QED) is 0.177. The van der Waals surface area contributed by atoms with E-state index >= 15 is 0 Å². The zero-order chi connectivity index (χ0) is 29.1. The molecule has 0 spiro atoms. The minimum absolute atomic E-state index is 0.107. The van der Waals surface area contributed by atoms with Crippen molar-refractivity contribution in [3.05, 3.63) is 42.1 Å². The van der Waals surface area contributed by atoms with Crippen LogP contribution >= 0.6 is 7.60 Å². The minimum Gasteiger partial charge on any atom is -0.449 e. The lowest BCUT2D eigenvalue weighted by molar-refractivity contribution is -0.134. The summed E-state index contributed by atoms with van der Waals surface area (Å²) >= 11 is 0. The van der Waals surface area contributed by atoms with Crippen LogP contribution < -0.4 is 10.6 Å². The largest absolute Gasteiger partial charge is 0.449 e. The number of benzene rings is 1. The third-order valence-corrected chi connectivity index (χ3v) is 6.85. The Bertz CT molecular complexity index is 1200. The number of anilines is 1. The number of nitrogens with zero attached hydrogens (tertiary/aromatic N) is 4. The Labute approximate surface area is 231 Å². The van der Waals surface area contributed by atoms with E-state index in [2.05, 4.69) is 20.6 Å². The molecule has 1 aromatic heterocycles. The molecule has 0 aliphatic carbocycles. The number of aromatic nitrogens is 2. The smallest absolute Gasteiger partial charge is 0.409 e. The average Bonchev–Trinajstić information content (AvgIpc) is 2.95. The molecule has 2 aromatic rings. The van der Waals surface area contributed by atoms with Crippen LogP contribution in [0.15, 0.2) is 36.4 Å². The van der Waals surface area contributed by atoms with Gasteiger partial charge in [0.25, 0.3) is 5.91 Å². The predicted molar refractivity (Wildman–Crippen MR) is 146 cm³/mol. The van der Waals surface area contributed by atoms with Crippen LogP contribution in [0.4, 0.5) is 10.6 Å². The third kappa shape index (κ3) is 9.26. The number of rotatable bonds is 12. The lowest BCUT2D eigenvalue weighted by atomic mass is 10.2. The number of ether oxygens (including phenoxy) is 1. The van der Waals surface area contributed by atoms with Gasteiger partial charge in [-0.25, -0.2) is 14.8 Å². The minimum atomic E-state index is -4.72. The van der Waals surface area contributed by atoms with Gasteiger partial charge >= 0.3 is 13.7 Å². The second kappa shape index (κ2) is 14.7. The van der Waals surface area contributed by atoms with E-state index < -0.39 is 37.7 Å². The van der Waals surface area contributed by atoms with Gasteiger partial charge in [0.1, 0.15) is 17.6 Å². The molecule has 0 saturated carbocycles. The average molecular weight is 579 g/mol. The first-order valence-electron chi connectivity index (χ1n) is 13.0. The fraction of sp³-hybridized carbons (Fsp3) is 0.480. The zero-order valence-corrected chi connectivity index (χ0v) is 23.1. The Hall–Kier alpha value is -3.58. The van der Waals surface area contributed by atoms with E-state index in [1.54, 1.807) is 30.3 Å². The van der Waals surface area contributed by atoms with Crippen LogP contribution in [-0.2, 0) is 14.1 Å². The maximum absolute atomic E-state index is 13.3. The molecule has 5 N–H and O–H groups in total. The van der Waals surface area contributed by atoms with Crippen LogP contribution in [0.2, 0.25) is 0 Å². The van der Waals surface area contributed by atoms with Crippen LogP contribution in [-0.4, -0.2) is 111 Å². The summed E-state index contributed by atoms with van der Waals surface area (Å²) in [4.78, 5) is 69.4. The van der Waals surface area contributed by atoms with Crippen molar-refractivity contribution in [1.82, 2.24) is 25.1 Å². The van der Waals surface area contributed by atoms with E-state index in [1.807, 2.05) is 6.92 Å². The highest BCUT2D eigenvalue weighted by atomic mass is 31.2. The fourth-order valence-electron chi connectivity index (χ4n) is 3.93. The Morgan fingerprint density at radius 3 is 2.38 bits per heavy atom. The second-order valence-electron chi connectivity index (χ2n) is 9.13. The molecule has 1 fully saturated rings. The van der Waals surface area contributed by atoms with E-state index in [4.69, 9.17) is 9.84 Å². The zero-order valence-electron chi connectivity index (χ0n) is 22.2. The number of amides is 3. The van der Waals surface area contributed by atoms with Crippen LogP contribution in [0.1, 0.15) is 30.3 Å². The number of nitrogens with one attached hydrogen (secondary N) is 2. The molecule has 15 heteroatoms. The first-order valence-corrected chi connectivity index (χ1v) is 14.8. The number of carbonyl (C=O) groups is 3. The van der Waals surface area contributed by atoms with Gasteiger partial charge in [0, 0.05) is 44.4 Å². The van der Waals surface area contributed by atoms with Gasteiger partial charge in [0.2, 0.25) is 5.91 Å². The highest BCUT2D eigenvalue weighted by molar-refractivity contribution is 7.51. The third-order valence-electron chi connectivity index (χ3n) is 6.01. The lowest BCUT2D eigenvalue weighted by Crippen LogP contribution is -2.56. The number of hydrogen-bond acceptors (Lipinski definition) is 9. The van der Waals surface area contributed by atoms with Gasteiger partial charge in [-0.2, -0.15) is 0 Å². The lowest BCUT2D eigenvalue weighted by Gasteiger charge is -2.36. The monoisotopic (exact) mass is 578 g/mol. The molecule has 1 saturated heterocycles. The molecule has 1 unspecified atom stereocenters. The molecule has 1 aliphatic rings. The molecule has 0 radical (unpaired) electrons. The standard InChI is InChI=1S/C25H35N6O8P/c1-2-3-15-39-25(35)31-12-10-30(11-13-31)24(34)20(17-40(36,37)38)28-23(33)19-16-21(26-9-14-32)29-22(27-19)18-7-5-4-6-8-18/h4-8,16,20,32H,2-3,9-15,17H2,1H3,(H,28,33)(H,26,27,29)(H2,36,37,38). The normalized spacial score (nSPS) is 14.4. The Morgan fingerprint density at radius 1 is 1.07 bits per heavy atom. The number of unbranched alkanes of at least 4 members (excludes halogenated alkanes) is 1. The molecule has 40 heavy (non-hydrogen) atoms. The molecule has 3 amide bonds. The highest BCUT2D eigenvalue weighted by Gasteiger charge is 2.35. The molecule has 0 bridgehead atoms. The van der Waals surface area contributed by atoms with Gasteiger partial charge < -0.3 is 40.1 Å². The molecule has 1 atom stereocenters. The summed E-state index contributed by atoms with van der Waals surface area (Å²) in [5, 5.41) is 14.5. The Kier molecular flexibility index (Phi) is 11.4. The van der Waals surface area contributed by atoms with Crippen molar-refractivity contribution in [2.24, 2.45) is 0 Å². The summed E-state index contributed by atoms with van der Waals surface area (Å²) in [6, 6.07) is 8.61. The van der Waals surface area contributed by atoms with Crippen molar-refractivity contribution in [1.29, 1.82) is 0 Å². The molecule has 218 valence electrons. The molecular weight excluding hydrogens is 543 g/mol. The maximum atomic E-state index is 13.3. The molecule has 14 nitrogen and oxygen atoms in total. The summed E-state index contributed by atoms with van der Waals surface area (Å²) in [5.74, 6) is -1.08. The van der Waals surface area contributed by atoms with Gasteiger partial charge in [-0.1, -0.05) is 43.7 Å². The van der Waals surface area contributed by atoms with E-state index in [1.165, 1.54) is 15.9 Å². The maximum Gasteiger partial charge on any atom is 0.409 e. The number of aliphatic hydroxyl groups excluding tert-OH is 1. The van der Waals surface area contributed by atoms with Crippen molar-refractivity contribution in [3.8, 4) is 11.4 Å². The molecule has 1 aliphatic heterocycles. The van der Waals surface area contributed by atoms with Gasteiger partial charge in [-0.15, -0.1) is 0 Å². The molecule has 2 heterocycles. The summed E-state index contributed by atoms with van der Waals surface area (Å²) < 4.78 is 17.1. The van der Waals surface area contributed by atoms with Crippen molar-refractivity contribution in [2.45, 2.75) is 25.8 Å². The van der Waals surface area contributed by atoms with Gasteiger partial charge in [0.15, 0.2) is 5.82 Å². The van der Waals surface area contributed by atoms with E-state index in [0.29, 0.717) is 12.2 Å². The highest BCUT2D eigenvalue weighted by Crippen LogP contribution is 2.35. The van der Waals surface area contributed by atoms with Gasteiger partial charge in [0.05, 0.1) is 19.4 Å². The van der Waals surface area contributed by atoms with Gasteiger partial charge in [-0.3, -0.25) is 14.2 Å². The number of aliphatic hydroxyl groups is 1. The van der Waals surface area contributed by atoms with Crippen molar-refractivity contribution in [2.75, 3.05) is 57.4 Å². The summed E-state index contributed by atoms with van der Waals surface area (Å²) in [6.07, 6.45) is 0.227. The summed E-state index contributed by atoms with van der Waals surface area (Å²) in [5.41, 5.74) is 0.468. The van der Waals surface area contributed by atoms with Crippen molar-refractivity contribution < 1.29 is 38.6 Å². The molecular formula is C25H35N6O8P. The van der Waals surface area contributed by atoms with Crippen LogP contribution in [0.3, 0.4) is 0 Å². The first kappa shape index (κ1) is 31.0. The van der Waals surface area contributed by atoms with Crippen molar-refractivity contribution >= 4 is 31.3 Å². The van der Waals surface area contributed by atoms with E-state index in [0.717, 1.165) is 12.8 Å². The Morgan fingerprint density at radius 2 is 1.75 bits per heavy atom. The van der Waals surface area contributed by atoms with Crippen LogP contribution in [0.5, 0.6) is 0 Å². The second-order valence-corrected chi connectivity index (χ2v) is 10.8.